The molecule has 3 rings (SSSR count). The van der Waals surface area contributed by atoms with E-state index in [-0.39, 0.29) is 29.0 Å². The molecule has 0 N–H and O–H groups in total. The van der Waals surface area contributed by atoms with Crippen molar-refractivity contribution in [2.45, 2.75) is 13.5 Å². The highest BCUT2D eigenvalue weighted by atomic mass is 35.5. The normalized spacial score (nSPS) is 10.7. The van der Waals surface area contributed by atoms with Crippen molar-refractivity contribution in [3.05, 3.63) is 69.3 Å². The molecule has 0 fully saturated rings. The standard InChI is InChI=1S/C19H14ClFO4S/c1-2-24-19(23)17-13(16-14(21)7-4-8-15(16)26-17)10-25-18(22)11-5-3-6-12(20)9-11/h3-9H,2,10H2,1H3. The number of hydrogen-bond acceptors (Lipinski definition) is 5. The molecule has 0 aliphatic rings. The highest BCUT2D eigenvalue weighted by Crippen LogP contribution is 2.34. The smallest absolute Gasteiger partial charge is 0.348 e. The van der Waals surface area contributed by atoms with Gasteiger partial charge in [0, 0.05) is 20.7 Å². The molecule has 0 saturated heterocycles. The summed E-state index contributed by atoms with van der Waals surface area (Å²) in [6, 6.07) is 10.9. The van der Waals surface area contributed by atoms with E-state index in [2.05, 4.69) is 0 Å². The molecule has 0 atom stereocenters. The fourth-order valence-electron chi connectivity index (χ4n) is 2.50. The Bertz CT molecular complexity index is 983. The third-order valence-corrected chi connectivity index (χ3v) is 5.04. The lowest BCUT2D eigenvalue weighted by Crippen LogP contribution is -2.09. The minimum Gasteiger partial charge on any atom is -0.462 e. The van der Waals surface area contributed by atoms with E-state index in [0.717, 1.165) is 11.3 Å². The van der Waals surface area contributed by atoms with Gasteiger partial charge in [-0.15, -0.1) is 11.3 Å². The maximum atomic E-state index is 14.3. The highest BCUT2D eigenvalue weighted by molar-refractivity contribution is 7.21. The molecule has 0 spiro atoms. The number of carbonyl (C=O) groups excluding carboxylic acids is 2. The predicted molar refractivity (Wildman–Crippen MR) is 98.3 cm³/mol. The monoisotopic (exact) mass is 392 g/mol. The van der Waals surface area contributed by atoms with Crippen molar-refractivity contribution in [3.8, 4) is 0 Å². The van der Waals surface area contributed by atoms with Crippen molar-refractivity contribution in [2.75, 3.05) is 6.61 Å². The molecular formula is C19H14ClFO4S. The summed E-state index contributed by atoms with van der Waals surface area (Å²) in [7, 11) is 0. The summed E-state index contributed by atoms with van der Waals surface area (Å²) >= 11 is 6.98. The van der Waals surface area contributed by atoms with Crippen LogP contribution in [0.15, 0.2) is 42.5 Å². The van der Waals surface area contributed by atoms with Crippen molar-refractivity contribution in [3.63, 3.8) is 0 Å². The van der Waals surface area contributed by atoms with Crippen molar-refractivity contribution in [1.29, 1.82) is 0 Å². The van der Waals surface area contributed by atoms with Crippen LogP contribution in [0.25, 0.3) is 10.1 Å². The Morgan fingerprint density at radius 1 is 1.12 bits per heavy atom. The van der Waals surface area contributed by atoms with Gasteiger partial charge in [-0.2, -0.15) is 0 Å². The summed E-state index contributed by atoms with van der Waals surface area (Å²) in [6.07, 6.45) is 0. The summed E-state index contributed by atoms with van der Waals surface area (Å²) in [5.74, 6) is -1.66. The van der Waals surface area contributed by atoms with Gasteiger partial charge in [-0.3, -0.25) is 0 Å². The molecule has 0 aliphatic heterocycles. The van der Waals surface area contributed by atoms with Crippen molar-refractivity contribution in [1.82, 2.24) is 0 Å². The average Bonchev–Trinajstić information content (AvgIpc) is 3.00. The first-order valence-corrected chi connectivity index (χ1v) is 9.00. The number of thiophene rings is 1. The molecular weight excluding hydrogens is 379 g/mol. The van der Waals surface area contributed by atoms with Gasteiger partial charge in [0.05, 0.1) is 12.2 Å². The van der Waals surface area contributed by atoms with Gasteiger partial charge >= 0.3 is 11.9 Å². The minimum absolute atomic E-state index is 0.192. The van der Waals surface area contributed by atoms with E-state index >= 15 is 0 Å². The third-order valence-electron chi connectivity index (χ3n) is 3.63. The molecule has 0 amide bonds. The van der Waals surface area contributed by atoms with Crippen LogP contribution in [0.2, 0.25) is 5.02 Å². The summed E-state index contributed by atoms with van der Waals surface area (Å²) in [6.45, 7) is 1.63. The molecule has 4 nitrogen and oxygen atoms in total. The highest BCUT2D eigenvalue weighted by Gasteiger charge is 2.23. The zero-order valence-electron chi connectivity index (χ0n) is 13.8. The van der Waals surface area contributed by atoms with Gasteiger partial charge in [0.25, 0.3) is 0 Å². The van der Waals surface area contributed by atoms with Gasteiger partial charge < -0.3 is 9.47 Å². The first kappa shape index (κ1) is 18.4. The Kier molecular flexibility index (Phi) is 5.54. The molecule has 3 aromatic rings. The van der Waals surface area contributed by atoms with Gasteiger partial charge in [0.2, 0.25) is 0 Å². The van der Waals surface area contributed by atoms with E-state index in [1.807, 2.05) is 0 Å². The van der Waals surface area contributed by atoms with Crippen LogP contribution in [-0.2, 0) is 16.1 Å². The number of hydrogen-bond donors (Lipinski definition) is 0. The molecule has 26 heavy (non-hydrogen) atoms. The minimum atomic E-state index is -0.613. The molecule has 0 saturated carbocycles. The number of rotatable bonds is 5. The van der Waals surface area contributed by atoms with Gasteiger partial charge in [-0.05, 0) is 37.3 Å². The maximum absolute atomic E-state index is 14.3. The number of halogens is 2. The average molecular weight is 393 g/mol. The fourth-order valence-corrected chi connectivity index (χ4v) is 3.81. The number of fused-ring (bicyclic) bond motifs is 1. The molecule has 7 heteroatoms. The van der Waals surface area contributed by atoms with Crippen LogP contribution >= 0.6 is 22.9 Å². The second-order valence-corrected chi connectivity index (χ2v) is 6.82. The second-order valence-electron chi connectivity index (χ2n) is 5.33. The molecule has 1 heterocycles. The molecule has 0 radical (unpaired) electrons. The molecule has 2 aromatic carbocycles. The topological polar surface area (TPSA) is 52.6 Å². The summed E-state index contributed by atoms with van der Waals surface area (Å²) in [4.78, 5) is 24.7. The van der Waals surface area contributed by atoms with Crippen LogP contribution in [0, 0.1) is 5.82 Å². The molecule has 0 aliphatic carbocycles. The summed E-state index contributed by atoms with van der Waals surface area (Å²) in [5, 5.41) is 0.665. The van der Waals surface area contributed by atoms with Crippen LogP contribution in [0.3, 0.4) is 0 Å². The van der Waals surface area contributed by atoms with Gasteiger partial charge in [-0.25, -0.2) is 14.0 Å². The largest absolute Gasteiger partial charge is 0.462 e. The number of esters is 2. The van der Waals surface area contributed by atoms with E-state index in [1.54, 1.807) is 37.3 Å². The summed E-state index contributed by atoms with van der Waals surface area (Å²) < 4.78 is 25.2. The fraction of sp³-hybridized carbons (Fsp3) is 0.158. The van der Waals surface area contributed by atoms with Crippen molar-refractivity contribution in [2.24, 2.45) is 0 Å². The van der Waals surface area contributed by atoms with E-state index in [9.17, 15) is 14.0 Å². The summed E-state index contributed by atoms with van der Waals surface area (Å²) in [5.41, 5.74) is 0.576. The second kappa shape index (κ2) is 7.85. The first-order valence-electron chi connectivity index (χ1n) is 7.81. The Hall–Kier alpha value is -2.44. The number of ether oxygens (including phenoxy) is 2. The third kappa shape index (κ3) is 3.71. The van der Waals surface area contributed by atoms with Crippen molar-refractivity contribution < 1.29 is 23.5 Å². The predicted octanol–water partition coefficient (Wildman–Crippen LogP) is 5.23. The first-order chi connectivity index (χ1) is 12.5. The van der Waals surface area contributed by atoms with E-state index in [4.69, 9.17) is 21.1 Å². The Labute approximate surface area is 158 Å². The van der Waals surface area contributed by atoms with Crippen LogP contribution in [-0.4, -0.2) is 18.5 Å². The zero-order valence-corrected chi connectivity index (χ0v) is 15.3. The lowest BCUT2D eigenvalue weighted by Gasteiger charge is -2.07. The number of carbonyl (C=O) groups is 2. The molecule has 1 aromatic heterocycles. The SMILES string of the molecule is CCOC(=O)c1sc2cccc(F)c2c1COC(=O)c1cccc(Cl)c1. The quantitative estimate of drug-likeness (QED) is 0.558. The molecule has 0 bridgehead atoms. The Morgan fingerprint density at radius 3 is 2.62 bits per heavy atom. The Balaban J connectivity index is 1.94. The van der Waals surface area contributed by atoms with Gasteiger partial charge in [0.15, 0.2) is 0 Å². The number of benzene rings is 2. The van der Waals surface area contributed by atoms with Crippen LogP contribution in [0.1, 0.15) is 32.5 Å². The van der Waals surface area contributed by atoms with E-state index in [0.29, 0.717) is 15.3 Å². The maximum Gasteiger partial charge on any atom is 0.348 e. The molecule has 134 valence electrons. The van der Waals surface area contributed by atoms with Crippen LogP contribution in [0.5, 0.6) is 0 Å². The van der Waals surface area contributed by atoms with Crippen molar-refractivity contribution >= 4 is 45.0 Å². The van der Waals surface area contributed by atoms with E-state index in [1.165, 1.54) is 12.1 Å². The van der Waals surface area contributed by atoms with Crippen LogP contribution < -0.4 is 0 Å². The molecule has 0 unspecified atom stereocenters. The Morgan fingerprint density at radius 2 is 1.88 bits per heavy atom. The van der Waals surface area contributed by atoms with E-state index < -0.39 is 17.8 Å². The van der Waals surface area contributed by atoms with Gasteiger partial charge in [0.1, 0.15) is 17.3 Å². The lowest BCUT2D eigenvalue weighted by atomic mass is 10.1. The van der Waals surface area contributed by atoms with Crippen LogP contribution in [0.4, 0.5) is 4.39 Å². The van der Waals surface area contributed by atoms with Gasteiger partial charge in [-0.1, -0.05) is 23.7 Å². The zero-order chi connectivity index (χ0) is 18.7. The lowest BCUT2D eigenvalue weighted by molar-refractivity contribution is 0.0454.